The molecule has 0 amide bonds. The molecule has 0 spiro atoms. The Morgan fingerprint density at radius 3 is 1.32 bits per heavy atom. The van der Waals surface area contributed by atoms with Crippen molar-refractivity contribution in [2.45, 2.75) is 78.0 Å². The van der Waals surface area contributed by atoms with Crippen LogP contribution in [0.4, 0.5) is 68.2 Å². The summed E-state index contributed by atoms with van der Waals surface area (Å²) in [4.78, 5) is 57.8. The van der Waals surface area contributed by atoms with Gasteiger partial charge in [-0.3, -0.25) is 37.9 Å². The molecule has 8 aromatic heterocycles. The maximum absolute atomic E-state index is 12.3. The van der Waals surface area contributed by atoms with Crippen molar-refractivity contribution in [1.29, 1.82) is 0 Å². The van der Waals surface area contributed by atoms with E-state index in [0.717, 1.165) is 99.5 Å². The Balaban J connectivity index is 0.000000108. The number of nitrogens with two attached hydrogens (primary N) is 4. The highest BCUT2D eigenvalue weighted by molar-refractivity contribution is 7.22. The number of para-hydroxylation sites is 6. The van der Waals surface area contributed by atoms with Crippen LogP contribution in [0.3, 0.4) is 0 Å². The van der Waals surface area contributed by atoms with E-state index in [1.54, 1.807) is 37.5 Å². The van der Waals surface area contributed by atoms with Gasteiger partial charge in [-0.15, -0.1) is 20.5 Å². The minimum absolute atomic E-state index is 0.164. The highest BCUT2D eigenvalue weighted by atomic mass is 32.1. The van der Waals surface area contributed by atoms with Crippen LogP contribution < -0.4 is 54.3 Å². The van der Waals surface area contributed by atoms with Gasteiger partial charge in [0.1, 0.15) is 16.6 Å². The molecular formula is C56H60N26O4S2+2. The van der Waals surface area contributed by atoms with Gasteiger partial charge in [0.25, 0.3) is 22.2 Å². The first-order valence-corrected chi connectivity index (χ1v) is 29.9. The van der Waals surface area contributed by atoms with E-state index in [9.17, 15) is 19.2 Å². The number of hydrogen-bond acceptors (Lipinski definition) is 20. The molecule has 0 unspecified atom stereocenters. The molecule has 0 saturated carbocycles. The Bertz CT molecular complexity index is 4880. The van der Waals surface area contributed by atoms with Gasteiger partial charge in [-0.05, 0) is 90.7 Å². The quantitative estimate of drug-likeness (QED) is 0.0837. The normalized spacial score (nSPS) is 14.2. The van der Waals surface area contributed by atoms with Gasteiger partial charge in [-0.1, -0.05) is 65.0 Å². The molecule has 448 valence electrons. The van der Waals surface area contributed by atoms with Crippen LogP contribution in [0.15, 0.2) is 157 Å². The van der Waals surface area contributed by atoms with Crippen molar-refractivity contribution in [2.75, 3.05) is 22.9 Å². The highest BCUT2D eigenvalue weighted by Crippen LogP contribution is 2.33. The fourth-order valence-corrected chi connectivity index (χ4v) is 13.1. The van der Waals surface area contributed by atoms with E-state index in [1.807, 2.05) is 144 Å². The van der Waals surface area contributed by atoms with Crippen molar-refractivity contribution in [2.24, 2.45) is 69.1 Å². The zero-order valence-corrected chi connectivity index (χ0v) is 50.0. The minimum atomic E-state index is -0.197. The number of aromatic nitrogens is 14. The monoisotopic (exact) mass is 1220 g/mol. The van der Waals surface area contributed by atoms with Crippen LogP contribution in [0.2, 0.25) is 0 Å². The summed E-state index contributed by atoms with van der Waals surface area (Å²) in [5, 5.41) is 34.4. The van der Waals surface area contributed by atoms with Gasteiger partial charge in [-0.2, -0.15) is 0 Å². The van der Waals surface area contributed by atoms with E-state index < -0.39 is 0 Å². The number of azo groups is 4. The third-order valence-corrected chi connectivity index (χ3v) is 17.9. The van der Waals surface area contributed by atoms with Gasteiger partial charge >= 0.3 is 11.1 Å². The van der Waals surface area contributed by atoms with Crippen LogP contribution >= 0.6 is 22.7 Å². The number of rotatable bonds is 8. The maximum atomic E-state index is 12.3. The third-order valence-electron chi connectivity index (χ3n) is 15.9. The summed E-state index contributed by atoms with van der Waals surface area (Å²) in [5.41, 5.74) is 30.0. The Hall–Kier alpha value is -10.8. The van der Waals surface area contributed by atoms with Gasteiger partial charge in [-0.25, -0.2) is 42.4 Å². The summed E-state index contributed by atoms with van der Waals surface area (Å²) in [6, 6.07) is 31.5. The molecule has 8 N–H and O–H groups in total. The predicted octanol–water partition coefficient (Wildman–Crippen LogP) is 8.06. The summed E-state index contributed by atoms with van der Waals surface area (Å²) in [7, 11) is 7.64. The molecule has 0 atom stereocenters. The Morgan fingerprint density at radius 2 is 0.830 bits per heavy atom. The summed E-state index contributed by atoms with van der Waals surface area (Å²) < 4.78 is 23.4. The van der Waals surface area contributed by atoms with Gasteiger partial charge < -0.3 is 27.5 Å². The van der Waals surface area contributed by atoms with Crippen LogP contribution in [0, 0.1) is 0 Å². The molecular weight excluding hydrogens is 1160 g/mol. The summed E-state index contributed by atoms with van der Waals surface area (Å²) in [5.74, 6) is 2.62. The number of hydrogen-bond donors (Lipinski definition) is 4. The van der Waals surface area contributed by atoms with E-state index in [-0.39, 0.29) is 45.0 Å². The Kier molecular flexibility index (Phi) is 14.7. The lowest BCUT2D eigenvalue weighted by Gasteiger charge is -1.99. The molecule has 0 saturated heterocycles. The maximum Gasteiger partial charge on any atom is 0.422 e. The van der Waals surface area contributed by atoms with Gasteiger partial charge in [0.05, 0.1) is 52.2 Å². The van der Waals surface area contributed by atoms with Crippen molar-refractivity contribution in [3.8, 4) is 0 Å². The minimum Gasteiger partial charge on any atom is -0.382 e. The second kappa shape index (κ2) is 22.9. The summed E-state index contributed by atoms with van der Waals surface area (Å²) >= 11 is 2.96. The Labute approximate surface area is 505 Å². The van der Waals surface area contributed by atoms with Crippen molar-refractivity contribution in [3.63, 3.8) is 0 Å². The van der Waals surface area contributed by atoms with E-state index >= 15 is 0 Å². The first kappa shape index (κ1) is 56.4. The summed E-state index contributed by atoms with van der Waals surface area (Å²) in [6.45, 7) is 5.71. The SMILES string of the molecule is C[n+]1c(N=Nc2c(N)n3n(c2=O)CCC3)sc2ccccc21.Cn1c(N=Nc2c(N)n3n(c2=O)CCC3)[n+](C)c2ccccc21.Cn1c(N=Nc2c(N)n3n(c2=O)CCC3)nc2ccccc21.Nc1c(N=Nc2nc3ccccc3s2)c(=O)n2n1CCC2. The first-order chi connectivity index (χ1) is 42.7. The lowest BCUT2D eigenvalue weighted by Crippen LogP contribution is -2.26. The fourth-order valence-electron chi connectivity index (χ4n) is 11.4. The van der Waals surface area contributed by atoms with E-state index in [4.69, 9.17) is 22.9 Å². The molecule has 16 rings (SSSR count). The average Bonchev–Trinajstić information content (AvgIpc) is 3.10. The van der Waals surface area contributed by atoms with Gasteiger partial charge in [0.15, 0.2) is 34.6 Å². The number of thiazole rings is 2. The number of benzene rings is 4. The van der Waals surface area contributed by atoms with Crippen LogP contribution in [-0.2, 0) is 80.5 Å². The lowest BCUT2D eigenvalue weighted by molar-refractivity contribution is -0.632. The molecule has 12 aromatic rings. The number of nitrogens with zero attached hydrogens (tertiary/aromatic N) is 22. The molecule has 30 nitrogen and oxygen atoms in total. The second-order valence-corrected chi connectivity index (χ2v) is 23.1. The number of anilines is 4. The first-order valence-electron chi connectivity index (χ1n) is 28.3. The molecule has 4 aliphatic rings. The van der Waals surface area contributed by atoms with Crippen molar-refractivity contribution >= 4 is 133 Å². The molecule has 88 heavy (non-hydrogen) atoms. The van der Waals surface area contributed by atoms with Crippen molar-refractivity contribution in [1.82, 2.24) is 56.6 Å². The molecule has 0 radical (unpaired) electrons. The van der Waals surface area contributed by atoms with E-state index in [2.05, 4.69) is 50.9 Å². The number of nitrogen functional groups attached to an aromatic ring is 4. The molecule has 32 heteroatoms. The molecule has 12 heterocycles. The fraction of sp³-hybridized carbons (Fsp3) is 0.286. The van der Waals surface area contributed by atoms with Crippen molar-refractivity contribution < 1.29 is 9.13 Å². The van der Waals surface area contributed by atoms with Crippen LogP contribution in [0.5, 0.6) is 0 Å². The lowest BCUT2D eigenvalue weighted by atomic mass is 10.3. The van der Waals surface area contributed by atoms with E-state index in [0.29, 0.717) is 66.5 Å². The van der Waals surface area contributed by atoms with Gasteiger partial charge in [0.2, 0.25) is 22.5 Å². The largest absolute Gasteiger partial charge is 0.422 e. The van der Waals surface area contributed by atoms with Crippen LogP contribution in [0.25, 0.3) is 42.5 Å². The Morgan fingerprint density at radius 1 is 0.409 bits per heavy atom. The van der Waals surface area contributed by atoms with Gasteiger partial charge in [0, 0.05) is 64.5 Å². The van der Waals surface area contributed by atoms with Crippen molar-refractivity contribution in [3.05, 3.63) is 138 Å². The summed E-state index contributed by atoms with van der Waals surface area (Å²) in [6.07, 6.45) is 3.70. The molecule has 4 aliphatic heterocycles. The molecule has 0 bridgehead atoms. The topological polar surface area (TPSA) is 354 Å². The highest BCUT2D eigenvalue weighted by Gasteiger charge is 2.27. The van der Waals surface area contributed by atoms with Crippen LogP contribution in [0.1, 0.15) is 25.7 Å². The predicted molar refractivity (Wildman–Crippen MR) is 335 cm³/mol. The smallest absolute Gasteiger partial charge is 0.382 e. The number of imidazole rings is 2. The zero-order chi connectivity index (χ0) is 61.1. The number of fused-ring (bicyclic) bond motifs is 8. The average molecular weight is 1230 g/mol. The van der Waals surface area contributed by atoms with E-state index in [1.165, 1.54) is 22.7 Å². The zero-order valence-electron chi connectivity index (χ0n) is 48.3. The standard InChI is InChI=1S/C15H17N7O.C14H15N7O.C14H14N6OS.C13H12N6OS/c1-19-10-6-3-4-7-11(10)20(2)15(19)18-17-12-13(16)21-8-5-9-22(21)14(12)23;1-19-10-6-3-2-5-9(10)16-14(19)18-17-11-12(15)20-7-4-8-21(20)13(11)22;1-18-9-5-2-3-6-10(9)22-14(18)17-16-11-12(15)19-7-4-8-20(19)13(11)21;14-11-10(12(20)19-7-3-6-18(11)19)16-17-13-15-8-4-1-2-5-9(8)21-13/h3-4,6-7,16H,5,8-9H2,1-2H3;2-3,5-6H,4,7-8,15H2,1H3;2-3,5-6,15H,4,7-8H2,1H3;1-2,4-5H,3,6-7,14H2/p+2. The molecule has 0 aliphatic carbocycles. The molecule has 4 aromatic carbocycles. The van der Waals surface area contributed by atoms with Crippen LogP contribution in [-0.4, -0.2) is 56.6 Å². The third kappa shape index (κ3) is 9.84. The number of aryl methyl sites for hydroxylation is 4. The molecule has 0 fully saturated rings. The second-order valence-electron chi connectivity index (χ2n) is 21.1.